The van der Waals surface area contributed by atoms with Crippen molar-refractivity contribution < 1.29 is 9.53 Å². The maximum absolute atomic E-state index is 11.3. The van der Waals surface area contributed by atoms with E-state index in [1.165, 1.54) is 7.11 Å². The van der Waals surface area contributed by atoms with Crippen molar-refractivity contribution in [2.24, 2.45) is 0 Å². The molecule has 0 aliphatic heterocycles. The fraction of sp³-hybridized carbons (Fsp3) is 0.583. The molecule has 1 aromatic heterocycles. The molecule has 0 aromatic carbocycles. The molecule has 0 N–H and O–H groups in total. The zero-order valence-corrected chi connectivity index (χ0v) is 10.6. The first-order valence-corrected chi connectivity index (χ1v) is 5.83. The zero-order valence-electron chi connectivity index (χ0n) is 10.6. The second-order valence-corrected chi connectivity index (χ2v) is 3.71. The highest BCUT2D eigenvalue weighted by Gasteiger charge is 2.11. The van der Waals surface area contributed by atoms with Crippen LogP contribution < -0.4 is 4.90 Å². The topological polar surface area (TPSA) is 55.3 Å². The van der Waals surface area contributed by atoms with Gasteiger partial charge in [0.2, 0.25) is 0 Å². The number of anilines is 1. The summed E-state index contributed by atoms with van der Waals surface area (Å²) in [6.45, 7) is 5.01. The van der Waals surface area contributed by atoms with Crippen LogP contribution in [0.4, 0.5) is 5.82 Å². The van der Waals surface area contributed by atoms with Gasteiger partial charge >= 0.3 is 5.97 Å². The van der Waals surface area contributed by atoms with Crippen molar-refractivity contribution in [2.75, 3.05) is 25.1 Å². The summed E-state index contributed by atoms with van der Waals surface area (Å²) in [5.74, 6) is 0.513. The number of methoxy groups -OCH3 is 1. The second kappa shape index (κ2) is 6.83. The SMILES string of the molecule is CCCc1cc(N(CC)CC(=O)OC)ncn1. The number of carbonyl (C=O) groups is 1. The first kappa shape index (κ1) is 13.4. The molecule has 0 aliphatic rings. The summed E-state index contributed by atoms with van der Waals surface area (Å²) in [6.07, 6.45) is 3.51. The Morgan fingerprint density at radius 1 is 1.41 bits per heavy atom. The van der Waals surface area contributed by atoms with Crippen LogP contribution in [0.5, 0.6) is 0 Å². The number of hydrogen-bond donors (Lipinski definition) is 0. The maximum atomic E-state index is 11.3. The molecule has 0 bridgehead atoms. The summed E-state index contributed by atoms with van der Waals surface area (Å²) < 4.78 is 4.66. The summed E-state index contributed by atoms with van der Waals surface area (Å²) in [5.41, 5.74) is 1.00. The zero-order chi connectivity index (χ0) is 12.7. The van der Waals surface area contributed by atoms with E-state index < -0.39 is 0 Å². The van der Waals surface area contributed by atoms with Gasteiger partial charge in [-0.15, -0.1) is 0 Å². The molecule has 0 radical (unpaired) electrons. The number of rotatable bonds is 6. The van der Waals surface area contributed by atoms with Crippen LogP contribution in [0.3, 0.4) is 0 Å². The van der Waals surface area contributed by atoms with Crippen LogP contribution >= 0.6 is 0 Å². The first-order valence-electron chi connectivity index (χ1n) is 5.83. The Morgan fingerprint density at radius 2 is 2.18 bits per heavy atom. The highest BCUT2D eigenvalue weighted by Crippen LogP contribution is 2.11. The second-order valence-electron chi connectivity index (χ2n) is 3.71. The number of esters is 1. The molecule has 0 saturated heterocycles. The van der Waals surface area contributed by atoms with Crippen molar-refractivity contribution in [1.29, 1.82) is 0 Å². The lowest BCUT2D eigenvalue weighted by Gasteiger charge is -2.20. The van der Waals surface area contributed by atoms with Gasteiger partial charge in [-0.1, -0.05) is 13.3 Å². The van der Waals surface area contributed by atoms with E-state index in [9.17, 15) is 4.79 Å². The summed E-state index contributed by atoms with van der Waals surface area (Å²) in [5, 5.41) is 0. The minimum absolute atomic E-state index is 0.218. The smallest absolute Gasteiger partial charge is 0.325 e. The monoisotopic (exact) mass is 237 g/mol. The molecule has 0 aliphatic carbocycles. The van der Waals surface area contributed by atoms with Crippen LogP contribution in [0.15, 0.2) is 12.4 Å². The van der Waals surface area contributed by atoms with Crippen LogP contribution in [0, 0.1) is 0 Å². The summed E-state index contributed by atoms with van der Waals surface area (Å²) in [7, 11) is 1.39. The Balaban J connectivity index is 2.80. The standard InChI is InChI=1S/C12H19N3O2/c1-4-6-10-7-11(14-9-13-10)15(5-2)8-12(16)17-3/h7,9H,4-6,8H2,1-3H3. The van der Waals surface area contributed by atoms with E-state index in [0.717, 1.165) is 24.4 Å². The van der Waals surface area contributed by atoms with Gasteiger partial charge in [-0.3, -0.25) is 4.79 Å². The molecular weight excluding hydrogens is 218 g/mol. The largest absolute Gasteiger partial charge is 0.468 e. The van der Waals surface area contributed by atoms with Crippen molar-refractivity contribution in [3.05, 3.63) is 18.1 Å². The highest BCUT2D eigenvalue weighted by atomic mass is 16.5. The van der Waals surface area contributed by atoms with Crippen LogP contribution in [-0.2, 0) is 16.0 Å². The lowest BCUT2D eigenvalue weighted by molar-refractivity contribution is -0.138. The number of aromatic nitrogens is 2. The number of hydrogen-bond acceptors (Lipinski definition) is 5. The molecule has 0 saturated carbocycles. The van der Waals surface area contributed by atoms with Crippen LogP contribution in [0.25, 0.3) is 0 Å². The van der Waals surface area contributed by atoms with E-state index in [1.807, 2.05) is 17.9 Å². The number of aryl methyl sites for hydroxylation is 1. The van der Waals surface area contributed by atoms with E-state index in [1.54, 1.807) is 6.33 Å². The molecule has 0 amide bonds. The molecule has 0 unspecified atom stereocenters. The fourth-order valence-corrected chi connectivity index (χ4v) is 1.53. The van der Waals surface area contributed by atoms with E-state index in [-0.39, 0.29) is 12.5 Å². The van der Waals surface area contributed by atoms with Crippen molar-refractivity contribution in [2.45, 2.75) is 26.7 Å². The van der Waals surface area contributed by atoms with Gasteiger partial charge in [0.15, 0.2) is 0 Å². The van der Waals surface area contributed by atoms with Crippen molar-refractivity contribution in [1.82, 2.24) is 9.97 Å². The molecule has 5 nitrogen and oxygen atoms in total. The molecule has 94 valence electrons. The highest BCUT2D eigenvalue weighted by molar-refractivity contribution is 5.75. The molecule has 1 heterocycles. The lowest BCUT2D eigenvalue weighted by Crippen LogP contribution is -2.31. The Morgan fingerprint density at radius 3 is 2.76 bits per heavy atom. The Kier molecular flexibility index (Phi) is 5.39. The van der Waals surface area contributed by atoms with E-state index in [0.29, 0.717) is 6.54 Å². The van der Waals surface area contributed by atoms with E-state index in [4.69, 9.17) is 0 Å². The minimum atomic E-state index is -0.262. The fourth-order valence-electron chi connectivity index (χ4n) is 1.53. The predicted molar refractivity (Wildman–Crippen MR) is 65.9 cm³/mol. The lowest BCUT2D eigenvalue weighted by atomic mass is 10.2. The Bertz CT molecular complexity index is 369. The third-order valence-electron chi connectivity index (χ3n) is 2.47. The molecule has 17 heavy (non-hydrogen) atoms. The van der Waals surface area contributed by atoms with Crippen molar-refractivity contribution in [3.8, 4) is 0 Å². The van der Waals surface area contributed by atoms with Gasteiger partial charge in [0.05, 0.1) is 7.11 Å². The number of ether oxygens (including phenoxy) is 1. The summed E-state index contributed by atoms with van der Waals surface area (Å²) in [4.78, 5) is 21.5. The van der Waals surface area contributed by atoms with Gasteiger partial charge in [-0.05, 0) is 13.3 Å². The quantitative estimate of drug-likeness (QED) is 0.700. The number of nitrogens with zero attached hydrogens (tertiary/aromatic N) is 3. The average Bonchev–Trinajstić information content (AvgIpc) is 2.36. The third-order valence-corrected chi connectivity index (χ3v) is 2.47. The normalized spacial score (nSPS) is 10.1. The molecule has 0 atom stereocenters. The van der Waals surface area contributed by atoms with Gasteiger partial charge < -0.3 is 9.64 Å². The van der Waals surface area contributed by atoms with Gasteiger partial charge in [-0.25, -0.2) is 9.97 Å². The number of likely N-dealkylation sites (N-methyl/N-ethyl adjacent to an activating group) is 1. The third kappa shape index (κ3) is 4.01. The molecule has 1 aromatic rings. The van der Waals surface area contributed by atoms with E-state index >= 15 is 0 Å². The molecule has 1 rings (SSSR count). The molecule has 0 spiro atoms. The first-order chi connectivity index (χ1) is 8.21. The molecule has 0 fully saturated rings. The van der Waals surface area contributed by atoms with Crippen LogP contribution in [0.1, 0.15) is 26.0 Å². The summed E-state index contributed by atoms with van der Waals surface area (Å²) in [6, 6.07) is 1.93. The van der Waals surface area contributed by atoms with Crippen molar-refractivity contribution in [3.63, 3.8) is 0 Å². The number of carbonyl (C=O) groups excluding carboxylic acids is 1. The van der Waals surface area contributed by atoms with Gasteiger partial charge in [0.25, 0.3) is 0 Å². The van der Waals surface area contributed by atoms with Crippen LogP contribution in [-0.4, -0.2) is 36.1 Å². The maximum Gasteiger partial charge on any atom is 0.325 e. The van der Waals surface area contributed by atoms with Gasteiger partial charge in [0.1, 0.15) is 18.7 Å². The van der Waals surface area contributed by atoms with Crippen molar-refractivity contribution >= 4 is 11.8 Å². The Hall–Kier alpha value is -1.65. The Labute approximate surface area is 102 Å². The van der Waals surface area contributed by atoms with E-state index in [2.05, 4.69) is 21.6 Å². The molecule has 5 heteroatoms. The van der Waals surface area contributed by atoms with Crippen LogP contribution in [0.2, 0.25) is 0 Å². The summed E-state index contributed by atoms with van der Waals surface area (Å²) >= 11 is 0. The molecular formula is C12H19N3O2. The minimum Gasteiger partial charge on any atom is -0.468 e. The van der Waals surface area contributed by atoms with Gasteiger partial charge in [-0.2, -0.15) is 0 Å². The predicted octanol–water partition coefficient (Wildman–Crippen LogP) is 1.43. The average molecular weight is 237 g/mol. The van der Waals surface area contributed by atoms with Gasteiger partial charge in [0, 0.05) is 18.3 Å².